The van der Waals surface area contributed by atoms with Crippen LogP contribution in [0, 0.1) is 13.8 Å². The minimum Gasteiger partial charge on any atom is -0.484 e. The van der Waals surface area contributed by atoms with E-state index in [-0.39, 0.29) is 19.1 Å². The van der Waals surface area contributed by atoms with Gasteiger partial charge in [0.2, 0.25) is 5.89 Å². The summed E-state index contributed by atoms with van der Waals surface area (Å²) in [5.41, 5.74) is 1.40. The van der Waals surface area contributed by atoms with E-state index in [1.165, 1.54) is 4.90 Å². The van der Waals surface area contributed by atoms with Crippen molar-refractivity contribution >= 4 is 5.91 Å². The minimum absolute atomic E-state index is 0.0571. The number of nitrogens with zero attached hydrogens (tertiary/aromatic N) is 2. The molecule has 0 unspecified atom stereocenters. The number of carbonyl (C=O) groups is 1. The molecule has 22 heavy (non-hydrogen) atoms. The van der Waals surface area contributed by atoms with Crippen LogP contribution in [0.2, 0.25) is 0 Å². The van der Waals surface area contributed by atoms with Gasteiger partial charge < -0.3 is 19.2 Å². The summed E-state index contributed by atoms with van der Waals surface area (Å²) in [4.78, 5) is 17.7. The van der Waals surface area contributed by atoms with Crippen LogP contribution in [0.1, 0.15) is 27.7 Å². The van der Waals surface area contributed by atoms with Crippen molar-refractivity contribution in [1.82, 2.24) is 9.88 Å². The minimum atomic E-state index is -0.139. The number of rotatable bonds is 6. The van der Waals surface area contributed by atoms with Crippen molar-refractivity contribution in [2.75, 3.05) is 20.2 Å². The maximum absolute atomic E-state index is 12.0. The van der Waals surface area contributed by atoms with E-state index in [0.717, 1.165) is 11.5 Å². The Balaban J connectivity index is 1.95. The molecule has 0 saturated carbocycles. The molecule has 118 valence electrons. The smallest absolute Gasteiger partial charge is 0.253 e. The molecule has 0 aliphatic carbocycles. The molecular weight excluding hydrogens is 284 g/mol. The predicted molar refractivity (Wildman–Crippen MR) is 80.8 cm³/mol. The van der Waals surface area contributed by atoms with Crippen LogP contribution in [0.3, 0.4) is 0 Å². The zero-order valence-corrected chi connectivity index (χ0v) is 13.0. The first-order valence-corrected chi connectivity index (χ1v) is 7.03. The number of aryl methyl sites for hydroxylation is 2. The summed E-state index contributed by atoms with van der Waals surface area (Å²) in [7, 11) is 1.65. The standard InChI is InChI=1S/C16H20N2O4/c1-11-12(2)22-15(17-11)10-21-14-6-4-13(5-7-14)16(20)18(3)8-9-19/h4-7,19H,8-10H2,1-3H3. The number of likely N-dealkylation sites (N-methyl/N-ethyl adjacent to an activating group) is 1. The Morgan fingerprint density at radius 3 is 2.55 bits per heavy atom. The van der Waals surface area contributed by atoms with Gasteiger partial charge in [-0.3, -0.25) is 4.79 Å². The average Bonchev–Trinajstić information content (AvgIpc) is 2.84. The van der Waals surface area contributed by atoms with Crippen LogP contribution < -0.4 is 4.74 Å². The van der Waals surface area contributed by atoms with Gasteiger partial charge in [-0.1, -0.05) is 0 Å². The number of ether oxygens (including phenoxy) is 1. The van der Waals surface area contributed by atoms with E-state index in [1.807, 2.05) is 13.8 Å². The normalized spacial score (nSPS) is 10.5. The summed E-state index contributed by atoms with van der Waals surface area (Å²) in [5, 5.41) is 8.85. The van der Waals surface area contributed by atoms with Gasteiger partial charge in [0, 0.05) is 19.2 Å². The molecule has 1 amide bonds. The average molecular weight is 304 g/mol. The second-order valence-electron chi connectivity index (χ2n) is 5.01. The lowest BCUT2D eigenvalue weighted by atomic mass is 10.2. The number of hydrogen-bond acceptors (Lipinski definition) is 5. The molecule has 0 radical (unpaired) electrons. The van der Waals surface area contributed by atoms with Crippen LogP contribution >= 0.6 is 0 Å². The van der Waals surface area contributed by atoms with Crippen LogP contribution in [-0.2, 0) is 6.61 Å². The number of aliphatic hydroxyl groups excluding tert-OH is 1. The van der Waals surface area contributed by atoms with Gasteiger partial charge in [0.25, 0.3) is 5.91 Å². The lowest BCUT2D eigenvalue weighted by Crippen LogP contribution is -2.29. The number of aromatic nitrogens is 1. The highest BCUT2D eigenvalue weighted by Crippen LogP contribution is 2.16. The fourth-order valence-electron chi connectivity index (χ4n) is 1.91. The molecule has 0 fully saturated rings. The molecule has 1 aromatic heterocycles. The molecule has 0 saturated heterocycles. The van der Waals surface area contributed by atoms with Crippen LogP contribution in [0.25, 0.3) is 0 Å². The topological polar surface area (TPSA) is 75.8 Å². The molecule has 0 aliphatic rings. The third kappa shape index (κ3) is 3.85. The van der Waals surface area contributed by atoms with Crippen LogP contribution in [0.5, 0.6) is 5.75 Å². The van der Waals surface area contributed by atoms with Gasteiger partial charge >= 0.3 is 0 Å². The van der Waals surface area contributed by atoms with E-state index >= 15 is 0 Å². The molecule has 6 nitrogen and oxygen atoms in total. The predicted octanol–water partition coefficient (Wildman–Crippen LogP) is 1.93. The van der Waals surface area contributed by atoms with Crippen LogP contribution in [0.15, 0.2) is 28.7 Å². The van der Waals surface area contributed by atoms with Gasteiger partial charge in [0.1, 0.15) is 11.5 Å². The molecule has 0 atom stereocenters. The lowest BCUT2D eigenvalue weighted by molar-refractivity contribution is 0.0767. The highest BCUT2D eigenvalue weighted by molar-refractivity contribution is 5.94. The Hall–Kier alpha value is -2.34. The number of carbonyl (C=O) groups excluding carboxylic acids is 1. The zero-order valence-electron chi connectivity index (χ0n) is 13.0. The third-order valence-corrected chi connectivity index (χ3v) is 3.32. The summed E-state index contributed by atoms with van der Waals surface area (Å²) in [6.45, 7) is 4.23. The Morgan fingerprint density at radius 1 is 1.32 bits per heavy atom. The Bertz CT molecular complexity index is 615. The molecule has 0 bridgehead atoms. The van der Waals surface area contributed by atoms with E-state index in [0.29, 0.717) is 23.7 Å². The molecule has 6 heteroatoms. The largest absolute Gasteiger partial charge is 0.484 e. The van der Waals surface area contributed by atoms with Crippen LogP contribution in [0.4, 0.5) is 0 Å². The quantitative estimate of drug-likeness (QED) is 0.882. The van der Waals surface area contributed by atoms with E-state index < -0.39 is 0 Å². The summed E-state index contributed by atoms with van der Waals surface area (Å²) in [6, 6.07) is 6.83. The van der Waals surface area contributed by atoms with Crippen molar-refractivity contribution in [2.45, 2.75) is 20.5 Å². The van der Waals surface area contributed by atoms with Gasteiger partial charge in [-0.15, -0.1) is 0 Å². The summed E-state index contributed by atoms with van der Waals surface area (Å²) in [6.07, 6.45) is 0. The number of aliphatic hydroxyl groups is 1. The fourth-order valence-corrected chi connectivity index (χ4v) is 1.91. The molecule has 0 spiro atoms. The van der Waals surface area contributed by atoms with Crippen molar-refractivity contribution in [3.05, 3.63) is 47.2 Å². The molecule has 1 N–H and O–H groups in total. The number of hydrogen-bond donors (Lipinski definition) is 1. The molecule has 1 heterocycles. The summed E-state index contributed by atoms with van der Waals surface area (Å²) < 4.78 is 11.0. The number of amides is 1. The van der Waals surface area contributed by atoms with Crippen LogP contribution in [-0.4, -0.2) is 41.1 Å². The van der Waals surface area contributed by atoms with Gasteiger partial charge in [-0.05, 0) is 38.1 Å². The van der Waals surface area contributed by atoms with E-state index in [4.69, 9.17) is 14.3 Å². The first-order chi connectivity index (χ1) is 10.5. The first-order valence-electron chi connectivity index (χ1n) is 7.03. The molecule has 2 rings (SSSR count). The van der Waals surface area contributed by atoms with Crippen molar-refractivity contribution < 1.29 is 19.1 Å². The molecular formula is C16H20N2O4. The van der Waals surface area contributed by atoms with Gasteiger partial charge in [0.15, 0.2) is 6.61 Å². The highest BCUT2D eigenvalue weighted by Gasteiger charge is 2.11. The second kappa shape index (κ2) is 7.09. The Labute approximate surface area is 129 Å². The van der Waals surface area contributed by atoms with Crippen molar-refractivity contribution in [2.24, 2.45) is 0 Å². The monoisotopic (exact) mass is 304 g/mol. The lowest BCUT2D eigenvalue weighted by Gasteiger charge is -2.15. The van der Waals surface area contributed by atoms with E-state index in [9.17, 15) is 4.79 Å². The fraction of sp³-hybridized carbons (Fsp3) is 0.375. The van der Waals surface area contributed by atoms with Gasteiger partial charge in [0.05, 0.1) is 12.3 Å². The second-order valence-corrected chi connectivity index (χ2v) is 5.01. The Morgan fingerprint density at radius 2 is 2.00 bits per heavy atom. The SMILES string of the molecule is Cc1nc(COc2ccc(C(=O)N(C)CCO)cc2)oc1C. The maximum atomic E-state index is 12.0. The highest BCUT2D eigenvalue weighted by atomic mass is 16.5. The van der Waals surface area contributed by atoms with Crippen molar-refractivity contribution in [3.63, 3.8) is 0 Å². The summed E-state index contributed by atoms with van der Waals surface area (Å²) >= 11 is 0. The Kier molecular flexibility index (Phi) is 5.16. The summed E-state index contributed by atoms with van der Waals surface area (Å²) in [5.74, 6) is 1.80. The van der Waals surface area contributed by atoms with Crippen molar-refractivity contribution in [1.29, 1.82) is 0 Å². The molecule has 2 aromatic rings. The first kappa shape index (κ1) is 16.0. The van der Waals surface area contributed by atoms with Gasteiger partial charge in [-0.2, -0.15) is 0 Å². The van der Waals surface area contributed by atoms with E-state index in [2.05, 4.69) is 4.98 Å². The van der Waals surface area contributed by atoms with Gasteiger partial charge in [-0.25, -0.2) is 4.98 Å². The number of benzene rings is 1. The zero-order chi connectivity index (χ0) is 16.1. The third-order valence-electron chi connectivity index (χ3n) is 3.32. The maximum Gasteiger partial charge on any atom is 0.253 e. The molecule has 1 aromatic carbocycles. The van der Waals surface area contributed by atoms with E-state index in [1.54, 1.807) is 31.3 Å². The molecule has 0 aliphatic heterocycles. The number of oxazole rings is 1. The van der Waals surface area contributed by atoms with Crippen molar-refractivity contribution in [3.8, 4) is 5.75 Å².